The highest BCUT2D eigenvalue weighted by atomic mass is 32.2. The van der Waals surface area contributed by atoms with Gasteiger partial charge in [0.05, 0.1) is 17.2 Å². The Bertz CT molecular complexity index is 1270. The van der Waals surface area contributed by atoms with Gasteiger partial charge in [-0.3, -0.25) is 14.3 Å². The Labute approximate surface area is 212 Å². The topological polar surface area (TPSA) is 102 Å². The first-order chi connectivity index (χ1) is 17.2. The lowest BCUT2D eigenvalue weighted by Crippen LogP contribution is -2.15. The molecule has 0 fully saturated rings. The van der Waals surface area contributed by atoms with Gasteiger partial charge in [0, 0.05) is 18.5 Å². The Kier molecular flexibility index (Phi) is 9.64. The fourth-order valence-electron chi connectivity index (χ4n) is 3.65. The van der Waals surface area contributed by atoms with Gasteiger partial charge in [-0.25, -0.2) is 8.42 Å². The van der Waals surface area contributed by atoms with E-state index in [9.17, 15) is 18.0 Å². The van der Waals surface area contributed by atoms with Crippen molar-refractivity contribution in [2.24, 2.45) is 0 Å². The lowest BCUT2D eigenvalue weighted by Gasteiger charge is -2.12. The van der Waals surface area contributed by atoms with Crippen molar-refractivity contribution in [1.29, 1.82) is 0 Å². The number of hydrogen-bond donors (Lipinski definition) is 2. The molecule has 3 aromatic carbocycles. The second-order valence-corrected chi connectivity index (χ2v) is 10.3. The van der Waals surface area contributed by atoms with Gasteiger partial charge in [0.15, 0.2) is 0 Å². The number of hydrogen-bond acceptors (Lipinski definition) is 5. The number of carbonyl (C=O) groups is 2. The van der Waals surface area contributed by atoms with E-state index in [4.69, 9.17) is 4.74 Å². The van der Waals surface area contributed by atoms with E-state index in [0.717, 1.165) is 24.0 Å². The quantitative estimate of drug-likeness (QED) is 0.252. The maximum atomic E-state index is 12.7. The van der Waals surface area contributed by atoms with Crippen LogP contribution < -0.4 is 10.0 Å². The van der Waals surface area contributed by atoms with Crippen LogP contribution in [0.25, 0.3) is 0 Å². The largest absolute Gasteiger partial charge is 0.466 e. The average molecular weight is 509 g/mol. The summed E-state index contributed by atoms with van der Waals surface area (Å²) in [7, 11) is -3.76. The lowest BCUT2D eigenvalue weighted by molar-refractivity contribution is -0.143. The zero-order chi connectivity index (χ0) is 26.0. The molecular weight excluding hydrogens is 476 g/mol. The summed E-state index contributed by atoms with van der Waals surface area (Å²) in [6, 6.07) is 21.4. The predicted molar refractivity (Wildman–Crippen MR) is 141 cm³/mol. The highest BCUT2D eigenvalue weighted by molar-refractivity contribution is 7.92. The van der Waals surface area contributed by atoms with Crippen LogP contribution in [-0.2, 0) is 30.8 Å². The van der Waals surface area contributed by atoms with Crippen molar-refractivity contribution in [2.75, 3.05) is 16.6 Å². The van der Waals surface area contributed by atoms with Crippen LogP contribution in [0.3, 0.4) is 0 Å². The average Bonchev–Trinajstić information content (AvgIpc) is 2.84. The van der Waals surface area contributed by atoms with Crippen LogP contribution in [0.2, 0.25) is 0 Å². The maximum Gasteiger partial charge on any atom is 0.305 e. The minimum absolute atomic E-state index is 0.0930. The lowest BCUT2D eigenvalue weighted by atomic mass is 10.1. The van der Waals surface area contributed by atoms with Crippen molar-refractivity contribution in [3.8, 4) is 0 Å². The number of carbonyl (C=O) groups excluding carboxylic acids is 2. The van der Waals surface area contributed by atoms with Gasteiger partial charge < -0.3 is 10.1 Å². The van der Waals surface area contributed by atoms with Crippen LogP contribution in [0, 0.1) is 13.8 Å². The number of ether oxygens (including phenoxy) is 1. The molecule has 2 N–H and O–H groups in total. The van der Waals surface area contributed by atoms with Crippen molar-refractivity contribution < 1.29 is 22.7 Å². The van der Waals surface area contributed by atoms with E-state index < -0.39 is 10.0 Å². The molecule has 0 aromatic heterocycles. The standard InChI is InChI=1S/C28H32N2O5S/c1-21-13-18-26(22(2)20-21)30-36(33,34)25-16-14-24(15-17-25)29-27(31)11-6-12-28(32)35-19-7-10-23-8-4-3-5-9-23/h3-5,8-9,13-18,20,30H,6-7,10-12,19H2,1-2H3,(H,29,31). The minimum Gasteiger partial charge on any atom is -0.466 e. The second-order valence-electron chi connectivity index (χ2n) is 8.66. The summed E-state index contributed by atoms with van der Waals surface area (Å²) in [6.45, 7) is 4.14. The van der Waals surface area contributed by atoms with E-state index in [2.05, 4.69) is 10.0 Å². The minimum atomic E-state index is -3.76. The third-order valence-electron chi connectivity index (χ3n) is 5.58. The molecule has 8 heteroatoms. The molecule has 0 heterocycles. The van der Waals surface area contributed by atoms with E-state index in [1.54, 1.807) is 6.07 Å². The van der Waals surface area contributed by atoms with Crippen LogP contribution in [0.1, 0.15) is 42.4 Å². The van der Waals surface area contributed by atoms with Crippen molar-refractivity contribution in [1.82, 2.24) is 0 Å². The van der Waals surface area contributed by atoms with Crippen LogP contribution in [0.15, 0.2) is 77.7 Å². The summed E-state index contributed by atoms with van der Waals surface area (Å²) in [5, 5.41) is 2.72. The van der Waals surface area contributed by atoms with E-state index in [-0.39, 0.29) is 29.6 Å². The van der Waals surface area contributed by atoms with Crippen LogP contribution in [-0.4, -0.2) is 26.9 Å². The number of aryl methyl sites for hydroxylation is 3. The molecule has 190 valence electrons. The van der Waals surface area contributed by atoms with Crippen molar-refractivity contribution >= 4 is 33.3 Å². The molecule has 0 saturated carbocycles. The number of sulfonamides is 1. The summed E-state index contributed by atoms with van der Waals surface area (Å²) in [6.07, 6.45) is 2.30. The Morgan fingerprint density at radius 1 is 0.861 bits per heavy atom. The Balaban J connectivity index is 1.38. The highest BCUT2D eigenvalue weighted by Crippen LogP contribution is 2.22. The maximum absolute atomic E-state index is 12.7. The molecule has 7 nitrogen and oxygen atoms in total. The van der Waals surface area contributed by atoms with Crippen LogP contribution >= 0.6 is 0 Å². The van der Waals surface area contributed by atoms with Gasteiger partial charge in [-0.15, -0.1) is 0 Å². The molecule has 3 aromatic rings. The molecular formula is C28H32N2O5S. The van der Waals surface area contributed by atoms with Crippen LogP contribution in [0.5, 0.6) is 0 Å². The van der Waals surface area contributed by atoms with Gasteiger partial charge in [-0.2, -0.15) is 0 Å². The molecule has 1 amide bonds. The van der Waals surface area contributed by atoms with Gasteiger partial charge in [0.1, 0.15) is 0 Å². The monoisotopic (exact) mass is 508 g/mol. The van der Waals surface area contributed by atoms with E-state index >= 15 is 0 Å². The fourth-order valence-corrected chi connectivity index (χ4v) is 4.78. The van der Waals surface area contributed by atoms with Crippen molar-refractivity contribution in [2.45, 2.75) is 50.8 Å². The Morgan fingerprint density at radius 3 is 2.28 bits per heavy atom. The third kappa shape index (κ3) is 8.53. The predicted octanol–water partition coefficient (Wildman–Crippen LogP) is 5.39. The normalized spacial score (nSPS) is 11.1. The van der Waals surface area contributed by atoms with E-state index in [1.165, 1.54) is 29.8 Å². The van der Waals surface area contributed by atoms with Crippen molar-refractivity contribution in [3.05, 3.63) is 89.5 Å². The summed E-state index contributed by atoms with van der Waals surface area (Å²) >= 11 is 0. The molecule has 0 bridgehead atoms. The number of amides is 1. The number of benzene rings is 3. The summed E-state index contributed by atoms with van der Waals surface area (Å²) in [4.78, 5) is 24.2. The molecule has 3 rings (SSSR count). The zero-order valence-corrected chi connectivity index (χ0v) is 21.4. The molecule has 0 spiro atoms. The third-order valence-corrected chi connectivity index (χ3v) is 6.96. The first-order valence-electron chi connectivity index (χ1n) is 11.9. The SMILES string of the molecule is Cc1ccc(NS(=O)(=O)c2ccc(NC(=O)CCCC(=O)OCCCc3ccccc3)cc2)c(C)c1. The van der Waals surface area contributed by atoms with Crippen LogP contribution in [0.4, 0.5) is 11.4 Å². The first kappa shape index (κ1) is 26.9. The summed E-state index contributed by atoms with van der Waals surface area (Å²) < 4.78 is 33.2. The molecule has 0 atom stereocenters. The van der Waals surface area contributed by atoms with Gasteiger partial charge in [-0.05, 0) is 74.6 Å². The number of anilines is 2. The summed E-state index contributed by atoms with van der Waals surface area (Å²) in [5.74, 6) is -0.572. The Morgan fingerprint density at radius 2 is 1.58 bits per heavy atom. The van der Waals surface area contributed by atoms with E-state index in [0.29, 0.717) is 24.4 Å². The molecule has 0 unspecified atom stereocenters. The zero-order valence-electron chi connectivity index (χ0n) is 20.6. The van der Waals surface area contributed by atoms with E-state index in [1.807, 2.05) is 56.3 Å². The second kappa shape index (κ2) is 12.9. The van der Waals surface area contributed by atoms with Gasteiger partial charge >= 0.3 is 5.97 Å². The number of esters is 1. The molecule has 36 heavy (non-hydrogen) atoms. The number of nitrogens with one attached hydrogen (secondary N) is 2. The molecule has 0 aliphatic carbocycles. The van der Waals surface area contributed by atoms with Crippen molar-refractivity contribution in [3.63, 3.8) is 0 Å². The smallest absolute Gasteiger partial charge is 0.305 e. The molecule has 0 aliphatic rings. The molecule has 0 saturated heterocycles. The summed E-state index contributed by atoms with van der Waals surface area (Å²) in [5.41, 5.74) is 4.08. The van der Waals surface area contributed by atoms with Gasteiger partial charge in [0.2, 0.25) is 5.91 Å². The fraction of sp³-hybridized carbons (Fsp3) is 0.286. The first-order valence-corrected chi connectivity index (χ1v) is 13.4. The van der Waals surface area contributed by atoms with Gasteiger partial charge in [0.25, 0.3) is 10.0 Å². The highest BCUT2D eigenvalue weighted by Gasteiger charge is 2.15. The number of rotatable bonds is 12. The Hall–Kier alpha value is -3.65. The van der Waals surface area contributed by atoms with Gasteiger partial charge in [-0.1, -0.05) is 48.0 Å². The molecule has 0 radical (unpaired) electrons. The molecule has 0 aliphatic heterocycles.